The molecular formula is C19H18FN3S2. The predicted octanol–water partition coefficient (Wildman–Crippen LogP) is 4.09. The molecule has 5 rings (SSSR count). The van der Waals surface area contributed by atoms with Crippen LogP contribution in [0.25, 0.3) is 15.8 Å². The lowest BCUT2D eigenvalue weighted by molar-refractivity contribution is 0.632. The second kappa shape index (κ2) is 6.04. The molecule has 1 N–H and O–H groups in total. The van der Waals surface area contributed by atoms with Gasteiger partial charge in [-0.3, -0.25) is 4.68 Å². The number of nitrogens with one attached hydrogen (secondary N) is 1. The summed E-state index contributed by atoms with van der Waals surface area (Å²) in [5, 5.41) is 9.33. The van der Waals surface area contributed by atoms with E-state index in [-0.39, 0.29) is 5.82 Å². The summed E-state index contributed by atoms with van der Waals surface area (Å²) < 4.78 is 16.0. The van der Waals surface area contributed by atoms with E-state index in [9.17, 15) is 4.39 Å². The third-order valence-corrected chi connectivity index (χ3v) is 7.68. The molecular weight excluding hydrogens is 353 g/mol. The first kappa shape index (κ1) is 15.7. The zero-order valence-corrected chi connectivity index (χ0v) is 15.5. The van der Waals surface area contributed by atoms with Gasteiger partial charge >= 0.3 is 0 Å². The van der Waals surface area contributed by atoms with Gasteiger partial charge < -0.3 is 5.32 Å². The van der Waals surface area contributed by atoms with Crippen LogP contribution in [-0.4, -0.2) is 33.4 Å². The highest BCUT2D eigenvalue weighted by atomic mass is 32.2. The highest BCUT2D eigenvalue weighted by molar-refractivity contribution is 8.12. The van der Waals surface area contributed by atoms with Gasteiger partial charge in [0.25, 0.3) is 0 Å². The first-order chi connectivity index (χ1) is 12.2. The zero-order chi connectivity index (χ0) is 17.0. The Morgan fingerprint density at radius 1 is 1.20 bits per heavy atom. The minimum Gasteiger partial charge on any atom is -0.313 e. The van der Waals surface area contributed by atoms with Crippen molar-refractivity contribution in [2.75, 3.05) is 13.1 Å². The van der Waals surface area contributed by atoms with Crippen molar-refractivity contribution in [1.82, 2.24) is 15.1 Å². The van der Waals surface area contributed by atoms with Crippen LogP contribution >= 0.6 is 23.5 Å². The lowest BCUT2D eigenvalue weighted by Crippen LogP contribution is -2.20. The molecule has 3 aliphatic heterocycles. The van der Waals surface area contributed by atoms with Gasteiger partial charge in [-0.1, -0.05) is 18.2 Å². The molecule has 0 saturated carbocycles. The number of allylic oxidation sites excluding steroid dienone is 1. The minimum atomic E-state index is -0.240. The Bertz CT molecular complexity index is 957. The molecule has 3 aliphatic rings. The molecule has 0 aliphatic carbocycles. The van der Waals surface area contributed by atoms with Gasteiger partial charge in [-0.05, 0) is 36.2 Å². The van der Waals surface area contributed by atoms with Crippen LogP contribution in [0.4, 0.5) is 4.39 Å². The maximum Gasteiger partial charge on any atom is 0.151 e. The van der Waals surface area contributed by atoms with E-state index in [4.69, 9.17) is 0 Å². The summed E-state index contributed by atoms with van der Waals surface area (Å²) in [7, 11) is 1.82. The maximum absolute atomic E-state index is 14.4. The van der Waals surface area contributed by atoms with Crippen LogP contribution in [0.3, 0.4) is 0 Å². The summed E-state index contributed by atoms with van der Waals surface area (Å²) in [5.41, 5.74) is 2.90. The number of thioether (sulfide) groups is 2. The highest BCUT2D eigenvalue weighted by Gasteiger charge is 2.35. The number of aryl methyl sites for hydroxylation is 1. The Labute approximate surface area is 154 Å². The molecule has 3 nitrogen and oxygen atoms in total. The SMILES string of the molecule is Cn1cc2cc(C3=CC4SC(C5=CCNCC5)=CC4S3)cc(F)c2n1. The van der Waals surface area contributed by atoms with E-state index in [0.29, 0.717) is 16.0 Å². The number of hydrogen-bond donors (Lipinski definition) is 1. The number of aromatic nitrogens is 2. The normalized spacial score (nSPS) is 25.8. The van der Waals surface area contributed by atoms with Crippen molar-refractivity contribution in [2.24, 2.45) is 7.05 Å². The summed E-state index contributed by atoms with van der Waals surface area (Å²) in [5.74, 6) is -0.240. The molecule has 1 aromatic heterocycles. The standard InChI is InChI=1S/C19H18FN3S2/c1-23-10-13-6-12(7-14(20)19(13)22-23)16-9-18-17(25-16)8-15(24-18)11-2-4-21-5-3-11/h2,6-10,17-18,21H,3-5H2,1H3. The molecule has 2 atom stereocenters. The summed E-state index contributed by atoms with van der Waals surface area (Å²) >= 11 is 3.81. The monoisotopic (exact) mass is 371 g/mol. The first-order valence-corrected chi connectivity index (χ1v) is 10.2. The lowest BCUT2D eigenvalue weighted by atomic mass is 10.1. The van der Waals surface area contributed by atoms with Crippen LogP contribution in [-0.2, 0) is 7.05 Å². The van der Waals surface area contributed by atoms with Crippen molar-refractivity contribution >= 4 is 39.3 Å². The Balaban J connectivity index is 1.41. The van der Waals surface area contributed by atoms with Crippen LogP contribution in [0, 0.1) is 5.82 Å². The Morgan fingerprint density at radius 2 is 2.00 bits per heavy atom. The third kappa shape index (κ3) is 2.76. The third-order valence-electron chi connectivity index (χ3n) is 4.82. The van der Waals surface area contributed by atoms with Gasteiger partial charge in [0.2, 0.25) is 0 Å². The van der Waals surface area contributed by atoms with E-state index in [2.05, 4.69) is 34.7 Å². The van der Waals surface area contributed by atoms with Crippen molar-refractivity contribution in [3.05, 3.63) is 58.4 Å². The van der Waals surface area contributed by atoms with Gasteiger partial charge in [-0.2, -0.15) is 5.10 Å². The second-order valence-electron chi connectivity index (χ2n) is 6.61. The van der Waals surface area contributed by atoms with Crippen LogP contribution < -0.4 is 5.32 Å². The van der Waals surface area contributed by atoms with E-state index < -0.39 is 0 Å². The van der Waals surface area contributed by atoms with Crippen LogP contribution in [0.1, 0.15) is 12.0 Å². The number of hydrogen-bond acceptors (Lipinski definition) is 4. The quantitative estimate of drug-likeness (QED) is 0.861. The summed E-state index contributed by atoms with van der Waals surface area (Å²) in [4.78, 5) is 2.62. The van der Waals surface area contributed by atoms with E-state index in [1.807, 2.05) is 36.8 Å². The van der Waals surface area contributed by atoms with Crippen molar-refractivity contribution in [3.8, 4) is 0 Å². The van der Waals surface area contributed by atoms with Gasteiger partial charge in [0.05, 0.1) is 0 Å². The van der Waals surface area contributed by atoms with Gasteiger partial charge in [-0.15, -0.1) is 23.5 Å². The molecule has 4 heterocycles. The van der Waals surface area contributed by atoms with E-state index in [0.717, 1.165) is 30.5 Å². The van der Waals surface area contributed by atoms with Crippen molar-refractivity contribution in [2.45, 2.75) is 16.9 Å². The van der Waals surface area contributed by atoms with Crippen LogP contribution in [0.5, 0.6) is 0 Å². The topological polar surface area (TPSA) is 29.9 Å². The molecule has 0 saturated heterocycles. The van der Waals surface area contributed by atoms with Crippen LogP contribution in [0.2, 0.25) is 0 Å². The Morgan fingerprint density at radius 3 is 2.80 bits per heavy atom. The second-order valence-corrected chi connectivity index (χ2v) is 9.05. The van der Waals surface area contributed by atoms with Gasteiger partial charge in [0.1, 0.15) is 5.52 Å². The number of nitrogens with zero attached hydrogens (tertiary/aromatic N) is 2. The van der Waals surface area contributed by atoms with Gasteiger partial charge in [0, 0.05) is 45.5 Å². The number of benzene rings is 1. The molecule has 128 valence electrons. The number of fused-ring (bicyclic) bond motifs is 2. The maximum atomic E-state index is 14.4. The van der Waals surface area contributed by atoms with E-state index in [1.165, 1.54) is 15.4 Å². The fourth-order valence-electron chi connectivity index (χ4n) is 3.61. The van der Waals surface area contributed by atoms with E-state index >= 15 is 0 Å². The molecule has 0 spiro atoms. The summed E-state index contributed by atoms with van der Waals surface area (Å²) in [6, 6.07) is 3.68. The van der Waals surface area contributed by atoms with Crippen molar-refractivity contribution in [3.63, 3.8) is 0 Å². The smallest absolute Gasteiger partial charge is 0.151 e. The highest BCUT2D eigenvalue weighted by Crippen LogP contribution is 2.52. The molecule has 0 fully saturated rings. The first-order valence-electron chi connectivity index (χ1n) is 8.48. The fraction of sp³-hybridized carbons (Fsp3) is 0.316. The minimum absolute atomic E-state index is 0.240. The summed E-state index contributed by atoms with van der Waals surface area (Å²) in [6.45, 7) is 2.04. The zero-order valence-electron chi connectivity index (χ0n) is 13.8. The number of rotatable bonds is 2. The molecule has 25 heavy (non-hydrogen) atoms. The van der Waals surface area contributed by atoms with Crippen molar-refractivity contribution in [1.29, 1.82) is 0 Å². The molecule has 6 heteroatoms. The Hall–Kier alpha value is -1.50. The average Bonchev–Trinajstić information content (AvgIpc) is 3.27. The molecule has 0 radical (unpaired) electrons. The molecule has 0 bridgehead atoms. The van der Waals surface area contributed by atoms with Crippen LogP contribution in [0.15, 0.2) is 47.0 Å². The average molecular weight is 372 g/mol. The molecule has 0 amide bonds. The molecule has 2 aromatic rings. The summed E-state index contributed by atoms with van der Waals surface area (Å²) in [6.07, 6.45) is 10.0. The predicted molar refractivity (Wildman–Crippen MR) is 105 cm³/mol. The van der Waals surface area contributed by atoms with Crippen molar-refractivity contribution < 1.29 is 4.39 Å². The molecule has 1 aromatic carbocycles. The lowest BCUT2D eigenvalue weighted by Gasteiger charge is -2.15. The van der Waals surface area contributed by atoms with E-state index in [1.54, 1.807) is 10.7 Å². The largest absolute Gasteiger partial charge is 0.313 e. The molecule has 2 unspecified atom stereocenters. The van der Waals surface area contributed by atoms with Gasteiger partial charge in [0.15, 0.2) is 5.82 Å². The Kier molecular flexibility index (Phi) is 3.80. The fourth-order valence-corrected chi connectivity index (χ4v) is 6.58. The van der Waals surface area contributed by atoms with Gasteiger partial charge in [-0.25, -0.2) is 4.39 Å². The number of halogens is 1.